The minimum atomic E-state index is 0.0243. The quantitative estimate of drug-likeness (QED) is 0.785. The number of nitrogens with zero attached hydrogens (tertiary/aromatic N) is 1. The number of aliphatic hydroxyl groups is 1. The van der Waals surface area contributed by atoms with Crippen LogP contribution in [0.2, 0.25) is 0 Å². The summed E-state index contributed by atoms with van der Waals surface area (Å²) in [6.45, 7) is 8.21. The lowest BCUT2D eigenvalue weighted by molar-refractivity contribution is 0.284. The van der Waals surface area contributed by atoms with Crippen LogP contribution in [-0.2, 0) is 5.41 Å². The Balaban J connectivity index is 2.12. The Morgan fingerprint density at radius 3 is 2.89 bits per heavy atom. The van der Waals surface area contributed by atoms with E-state index in [1.165, 1.54) is 5.56 Å². The molecule has 0 fully saturated rings. The van der Waals surface area contributed by atoms with Crippen LogP contribution >= 0.6 is 0 Å². The molecule has 0 saturated carbocycles. The van der Waals surface area contributed by atoms with Crippen LogP contribution in [-0.4, -0.2) is 29.8 Å². The minimum absolute atomic E-state index is 0.0243. The van der Waals surface area contributed by atoms with Gasteiger partial charge < -0.3 is 14.8 Å². The van der Waals surface area contributed by atoms with Gasteiger partial charge in [0.05, 0.1) is 0 Å². The minimum Gasteiger partial charge on any atom is -0.441 e. The first-order valence-corrected chi connectivity index (χ1v) is 6.72. The molecule has 0 aliphatic rings. The maximum absolute atomic E-state index is 8.77. The van der Waals surface area contributed by atoms with Crippen molar-refractivity contribution in [3.8, 4) is 0 Å². The van der Waals surface area contributed by atoms with E-state index >= 15 is 0 Å². The highest BCUT2D eigenvalue weighted by Gasteiger charge is 2.21. The SMILES string of the molecule is Cc1nc2cc(C(C)(C)CNCCCO)ccc2o1. The van der Waals surface area contributed by atoms with Gasteiger partial charge in [-0.1, -0.05) is 19.9 Å². The summed E-state index contributed by atoms with van der Waals surface area (Å²) in [7, 11) is 0. The zero-order valence-electron chi connectivity index (χ0n) is 11.9. The van der Waals surface area contributed by atoms with E-state index in [0.717, 1.165) is 30.6 Å². The lowest BCUT2D eigenvalue weighted by Crippen LogP contribution is -2.33. The second kappa shape index (κ2) is 5.72. The monoisotopic (exact) mass is 262 g/mol. The molecule has 1 aromatic heterocycles. The van der Waals surface area contributed by atoms with E-state index in [4.69, 9.17) is 9.52 Å². The molecule has 0 bridgehead atoms. The van der Waals surface area contributed by atoms with Crippen molar-refractivity contribution in [1.82, 2.24) is 10.3 Å². The van der Waals surface area contributed by atoms with E-state index in [1.807, 2.05) is 13.0 Å². The molecule has 104 valence electrons. The number of aromatic nitrogens is 1. The number of fused-ring (bicyclic) bond motifs is 1. The Morgan fingerprint density at radius 2 is 2.16 bits per heavy atom. The molecular formula is C15H22N2O2. The second-order valence-corrected chi connectivity index (χ2v) is 5.55. The fourth-order valence-electron chi connectivity index (χ4n) is 2.17. The fraction of sp³-hybridized carbons (Fsp3) is 0.533. The smallest absolute Gasteiger partial charge is 0.192 e. The number of benzene rings is 1. The van der Waals surface area contributed by atoms with E-state index in [2.05, 4.69) is 36.3 Å². The predicted molar refractivity (Wildman–Crippen MR) is 76.3 cm³/mol. The van der Waals surface area contributed by atoms with Crippen LogP contribution in [0.1, 0.15) is 31.7 Å². The molecule has 4 heteroatoms. The summed E-state index contributed by atoms with van der Waals surface area (Å²) in [6, 6.07) is 6.18. The third-order valence-corrected chi connectivity index (χ3v) is 3.35. The molecular weight excluding hydrogens is 240 g/mol. The normalized spacial score (nSPS) is 12.2. The van der Waals surface area contributed by atoms with Crippen molar-refractivity contribution in [2.75, 3.05) is 19.7 Å². The van der Waals surface area contributed by atoms with E-state index in [1.54, 1.807) is 0 Å². The fourth-order valence-corrected chi connectivity index (χ4v) is 2.17. The molecule has 4 nitrogen and oxygen atoms in total. The van der Waals surface area contributed by atoms with Crippen molar-refractivity contribution in [2.24, 2.45) is 0 Å². The maximum atomic E-state index is 8.77. The molecule has 2 N–H and O–H groups in total. The number of oxazole rings is 1. The average Bonchev–Trinajstić information content (AvgIpc) is 2.73. The summed E-state index contributed by atoms with van der Waals surface area (Å²) < 4.78 is 5.49. The van der Waals surface area contributed by atoms with Gasteiger partial charge in [0, 0.05) is 25.5 Å². The molecule has 2 rings (SSSR count). The molecule has 19 heavy (non-hydrogen) atoms. The summed E-state index contributed by atoms with van der Waals surface area (Å²) in [4.78, 5) is 4.38. The van der Waals surface area contributed by atoms with Gasteiger partial charge in [0.1, 0.15) is 5.52 Å². The number of hydrogen-bond donors (Lipinski definition) is 2. The second-order valence-electron chi connectivity index (χ2n) is 5.55. The molecule has 2 aromatic rings. The lowest BCUT2D eigenvalue weighted by atomic mass is 9.84. The lowest BCUT2D eigenvalue weighted by Gasteiger charge is -2.25. The summed E-state index contributed by atoms with van der Waals surface area (Å²) in [5.74, 6) is 0.700. The van der Waals surface area contributed by atoms with Gasteiger partial charge in [-0.25, -0.2) is 4.98 Å². The molecule has 0 atom stereocenters. The van der Waals surface area contributed by atoms with Crippen LogP contribution < -0.4 is 5.32 Å². The number of nitrogens with one attached hydrogen (secondary N) is 1. The van der Waals surface area contributed by atoms with Gasteiger partial charge >= 0.3 is 0 Å². The molecule has 0 aliphatic heterocycles. The molecule has 0 amide bonds. The number of rotatable bonds is 6. The van der Waals surface area contributed by atoms with Crippen LogP contribution in [0.15, 0.2) is 22.6 Å². The van der Waals surface area contributed by atoms with Crippen LogP contribution in [0.25, 0.3) is 11.1 Å². The highest BCUT2D eigenvalue weighted by atomic mass is 16.3. The van der Waals surface area contributed by atoms with E-state index in [0.29, 0.717) is 5.89 Å². The number of hydrogen-bond acceptors (Lipinski definition) is 4. The molecule has 1 heterocycles. The first-order chi connectivity index (χ1) is 9.03. The topological polar surface area (TPSA) is 58.3 Å². The predicted octanol–water partition coefficient (Wildman–Crippen LogP) is 2.39. The number of aryl methyl sites for hydroxylation is 1. The molecule has 0 aliphatic carbocycles. The zero-order chi connectivity index (χ0) is 13.9. The van der Waals surface area contributed by atoms with Crippen molar-refractivity contribution in [3.05, 3.63) is 29.7 Å². The molecule has 0 spiro atoms. The average molecular weight is 262 g/mol. The summed E-state index contributed by atoms with van der Waals surface area (Å²) in [6.07, 6.45) is 0.789. The third-order valence-electron chi connectivity index (χ3n) is 3.35. The van der Waals surface area contributed by atoms with Crippen LogP contribution in [0.4, 0.5) is 0 Å². The van der Waals surface area contributed by atoms with E-state index < -0.39 is 0 Å². The first kappa shape index (κ1) is 14.0. The zero-order valence-corrected chi connectivity index (χ0v) is 11.9. The van der Waals surface area contributed by atoms with Crippen molar-refractivity contribution in [1.29, 1.82) is 0 Å². The molecule has 0 unspecified atom stereocenters. The Kier molecular flexibility index (Phi) is 4.22. The van der Waals surface area contributed by atoms with Crippen molar-refractivity contribution < 1.29 is 9.52 Å². The van der Waals surface area contributed by atoms with Gasteiger partial charge in [-0.05, 0) is 30.7 Å². The Labute approximate surface area is 113 Å². The third kappa shape index (κ3) is 3.33. The van der Waals surface area contributed by atoms with E-state index in [-0.39, 0.29) is 12.0 Å². The summed E-state index contributed by atoms with van der Waals surface area (Å²) in [5.41, 5.74) is 3.02. The Hall–Kier alpha value is -1.39. The van der Waals surface area contributed by atoms with Crippen molar-refractivity contribution in [2.45, 2.75) is 32.6 Å². The maximum Gasteiger partial charge on any atom is 0.192 e. The van der Waals surface area contributed by atoms with Gasteiger partial charge in [-0.3, -0.25) is 0 Å². The van der Waals surface area contributed by atoms with Crippen molar-refractivity contribution in [3.63, 3.8) is 0 Å². The van der Waals surface area contributed by atoms with Gasteiger partial charge in [0.2, 0.25) is 0 Å². The summed E-state index contributed by atoms with van der Waals surface area (Å²) >= 11 is 0. The Morgan fingerprint density at radius 1 is 1.37 bits per heavy atom. The molecule has 1 aromatic carbocycles. The highest BCUT2D eigenvalue weighted by molar-refractivity contribution is 5.73. The highest BCUT2D eigenvalue weighted by Crippen LogP contribution is 2.26. The standard InChI is InChI=1S/C15H22N2O2/c1-11-17-13-9-12(5-6-14(13)19-11)15(2,3)10-16-7-4-8-18/h5-6,9,16,18H,4,7-8,10H2,1-3H3. The van der Waals surface area contributed by atoms with Crippen LogP contribution in [0, 0.1) is 6.92 Å². The van der Waals surface area contributed by atoms with Crippen molar-refractivity contribution >= 4 is 11.1 Å². The van der Waals surface area contributed by atoms with Gasteiger partial charge in [-0.15, -0.1) is 0 Å². The summed E-state index contributed by atoms with van der Waals surface area (Å²) in [5, 5.41) is 12.1. The van der Waals surface area contributed by atoms with E-state index in [9.17, 15) is 0 Å². The Bertz CT molecular complexity index is 546. The van der Waals surface area contributed by atoms with Gasteiger partial charge in [0.15, 0.2) is 11.5 Å². The molecule has 0 radical (unpaired) electrons. The first-order valence-electron chi connectivity index (χ1n) is 6.72. The van der Waals surface area contributed by atoms with Gasteiger partial charge in [0.25, 0.3) is 0 Å². The largest absolute Gasteiger partial charge is 0.441 e. The number of aliphatic hydroxyl groups excluding tert-OH is 1. The van der Waals surface area contributed by atoms with Crippen LogP contribution in [0.5, 0.6) is 0 Å². The van der Waals surface area contributed by atoms with Gasteiger partial charge in [-0.2, -0.15) is 0 Å². The van der Waals surface area contributed by atoms with Crippen LogP contribution in [0.3, 0.4) is 0 Å². The molecule has 0 saturated heterocycles.